The number of hydrogen-bond donors (Lipinski definition) is 2. The summed E-state index contributed by atoms with van der Waals surface area (Å²) in [4.78, 5) is 23.4. The maximum Gasteiger partial charge on any atom is 0.308 e. The lowest BCUT2D eigenvalue weighted by molar-refractivity contribution is -0.141. The van der Waals surface area contributed by atoms with Gasteiger partial charge in [0, 0.05) is 11.6 Å². The highest BCUT2D eigenvalue weighted by Crippen LogP contribution is 2.21. The van der Waals surface area contributed by atoms with Gasteiger partial charge in [-0.1, -0.05) is 29.8 Å². The zero-order valence-corrected chi connectivity index (χ0v) is 15.0. The van der Waals surface area contributed by atoms with Gasteiger partial charge in [-0.15, -0.1) is 0 Å². The molecule has 0 aliphatic carbocycles. The van der Waals surface area contributed by atoms with E-state index in [4.69, 9.17) is 21.1 Å². The molecule has 0 aliphatic heterocycles. The van der Waals surface area contributed by atoms with Crippen LogP contribution in [0.3, 0.4) is 0 Å². The lowest BCUT2D eigenvalue weighted by atomic mass is 9.98. The average Bonchev–Trinajstić information content (AvgIpc) is 2.64. The van der Waals surface area contributed by atoms with Gasteiger partial charge in [0.1, 0.15) is 11.5 Å². The van der Waals surface area contributed by atoms with E-state index >= 15 is 0 Å². The minimum absolute atomic E-state index is 0.00378. The van der Waals surface area contributed by atoms with Crippen LogP contribution in [0, 0.1) is 5.92 Å². The highest BCUT2D eigenvalue weighted by atomic mass is 35.5. The largest absolute Gasteiger partial charge is 0.496 e. The Morgan fingerprint density at radius 2 is 1.85 bits per heavy atom. The van der Waals surface area contributed by atoms with Crippen molar-refractivity contribution >= 4 is 23.5 Å². The number of halogens is 1. The quantitative estimate of drug-likeness (QED) is 0.702. The van der Waals surface area contributed by atoms with Crippen molar-refractivity contribution in [3.8, 4) is 11.5 Å². The van der Waals surface area contributed by atoms with E-state index in [2.05, 4.69) is 5.32 Å². The zero-order chi connectivity index (χ0) is 18.9. The van der Waals surface area contributed by atoms with E-state index < -0.39 is 17.8 Å². The number of methoxy groups -OCH3 is 1. The molecule has 2 aromatic rings. The van der Waals surface area contributed by atoms with Crippen molar-refractivity contribution < 1.29 is 24.2 Å². The summed E-state index contributed by atoms with van der Waals surface area (Å²) in [6.45, 7) is -0.210. The fourth-order valence-corrected chi connectivity index (χ4v) is 2.48. The number of carboxylic acids is 1. The topological polar surface area (TPSA) is 84.9 Å². The minimum atomic E-state index is -0.991. The third-order valence-corrected chi connectivity index (χ3v) is 3.99. The minimum Gasteiger partial charge on any atom is -0.496 e. The van der Waals surface area contributed by atoms with Crippen molar-refractivity contribution in [1.29, 1.82) is 0 Å². The van der Waals surface area contributed by atoms with Gasteiger partial charge in [0.05, 0.1) is 13.0 Å². The monoisotopic (exact) mass is 377 g/mol. The first-order valence-electron chi connectivity index (χ1n) is 7.99. The second-order valence-electron chi connectivity index (χ2n) is 5.60. The average molecular weight is 378 g/mol. The number of ether oxygens (including phenoxy) is 2. The molecule has 0 heterocycles. The van der Waals surface area contributed by atoms with Crippen molar-refractivity contribution in [2.45, 2.75) is 6.42 Å². The lowest BCUT2D eigenvalue weighted by Crippen LogP contribution is -2.36. The SMILES string of the molecule is COc1ccccc1CC(CNC(=O)COc1ccc(Cl)cc1)C(=O)O. The van der Waals surface area contributed by atoms with Gasteiger partial charge in [0.2, 0.25) is 0 Å². The van der Waals surface area contributed by atoms with Crippen LogP contribution in [0.2, 0.25) is 5.02 Å². The summed E-state index contributed by atoms with van der Waals surface area (Å²) < 4.78 is 10.6. The maximum absolute atomic E-state index is 11.9. The smallest absolute Gasteiger partial charge is 0.308 e. The van der Waals surface area contributed by atoms with E-state index in [-0.39, 0.29) is 19.6 Å². The van der Waals surface area contributed by atoms with Crippen LogP contribution in [0.4, 0.5) is 0 Å². The summed E-state index contributed by atoms with van der Waals surface area (Å²) in [5.74, 6) is -1.03. The Bertz CT molecular complexity index is 748. The molecule has 2 aromatic carbocycles. The molecule has 138 valence electrons. The Kier molecular flexibility index (Phi) is 7.29. The van der Waals surface area contributed by atoms with Crippen LogP contribution < -0.4 is 14.8 Å². The Labute approximate surface area is 156 Å². The highest BCUT2D eigenvalue weighted by Gasteiger charge is 2.20. The maximum atomic E-state index is 11.9. The predicted molar refractivity (Wildman–Crippen MR) is 97.8 cm³/mol. The third-order valence-electron chi connectivity index (χ3n) is 3.74. The molecule has 2 rings (SSSR count). The number of nitrogens with one attached hydrogen (secondary N) is 1. The highest BCUT2D eigenvalue weighted by molar-refractivity contribution is 6.30. The molecule has 0 radical (unpaired) electrons. The summed E-state index contributed by atoms with van der Waals surface area (Å²) >= 11 is 5.78. The molecule has 0 fully saturated rings. The van der Waals surface area contributed by atoms with Crippen LogP contribution in [0.1, 0.15) is 5.56 Å². The fourth-order valence-electron chi connectivity index (χ4n) is 2.35. The molecule has 2 N–H and O–H groups in total. The van der Waals surface area contributed by atoms with Crippen molar-refractivity contribution in [3.05, 3.63) is 59.1 Å². The van der Waals surface area contributed by atoms with E-state index in [1.165, 1.54) is 7.11 Å². The molecule has 7 heteroatoms. The fraction of sp³-hybridized carbons (Fsp3) is 0.263. The number of carboxylic acid groups (broad SMARTS) is 1. The number of carbonyl (C=O) groups is 2. The first-order valence-corrected chi connectivity index (χ1v) is 8.37. The lowest BCUT2D eigenvalue weighted by Gasteiger charge is -2.15. The van der Waals surface area contributed by atoms with Gasteiger partial charge in [-0.2, -0.15) is 0 Å². The summed E-state index contributed by atoms with van der Waals surface area (Å²) in [6.07, 6.45) is 0.248. The molecule has 0 spiro atoms. The molecule has 0 aromatic heterocycles. The van der Waals surface area contributed by atoms with Gasteiger partial charge in [0.15, 0.2) is 6.61 Å². The van der Waals surface area contributed by atoms with Crippen LogP contribution in [0.25, 0.3) is 0 Å². The molecular formula is C19H20ClNO5. The first kappa shape index (κ1) is 19.6. The van der Waals surface area contributed by atoms with Gasteiger partial charge in [-0.05, 0) is 42.3 Å². The summed E-state index contributed by atoms with van der Waals surface area (Å²) in [5, 5.41) is 12.6. The molecule has 6 nitrogen and oxygen atoms in total. The van der Waals surface area contributed by atoms with Gasteiger partial charge >= 0.3 is 5.97 Å². The van der Waals surface area contributed by atoms with E-state index in [0.29, 0.717) is 16.5 Å². The number of para-hydroxylation sites is 1. The summed E-state index contributed by atoms with van der Waals surface area (Å²) in [6, 6.07) is 13.8. The Morgan fingerprint density at radius 3 is 2.50 bits per heavy atom. The van der Waals surface area contributed by atoms with Crippen molar-refractivity contribution in [2.75, 3.05) is 20.3 Å². The van der Waals surface area contributed by atoms with E-state index in [1.807, 2.05) is 12.1 Å². The van der Waals surface area contributed by atoms with Crippen LogP contribution >= 0.6 is 11.6 Å². The Balaban J connectivity index is 1.86. The molecule has 0 aliphatic rings. The Hall–Kier alpha value is -2.73. The molecule has 1 amide bonds. The zero-order valence-electron chi connectivity index (χ0n) is 14.3. The second kappa shape index (κ2) is 9.68. The van der Waals surface area contributed by atoms with Crippen LogP contribution in [0.5, 0.6) is 11.5 Å². The van der Waals surface area contributed by atoms with E-state index in [1.54, 1.807) is 36.4 Å². The number of carbonyl (C=O) groups excluding carboxylic acids is 1. The molecule has 26 heavy (non-hydrogen) atoms. The molecular weight excluding hydrogens is 358 g/mol. The van der Waals surface area contributed by atoms with Gasteiger partial charge in [-0.3, -0.25) is 9.59 Å². The van der Waals surface area contributed by atoms with Crippen LogP contribution in [-0.4, -0.2) is 37.2 Å². The third kappa shape index (κ3) is 5.97. The van der Waals surface area contributed by atoms with Gasteiger partial charge in [-0.25, -0.2) is 0 Å². The number of aliphatic carboxylic acids is 1. The second-order valence-corrected chi connectivity index (χ2v) is 6.03. The summed E-state index contributed by atoms with van der Waals surface area (Å²) in [7, 11) is 1.53. The van der Waals surface area contributed by atoms with E-state index in [9.17, 15) is 14.7 Å². The molecule has 1 unspecified atom stereocenters. The number of hydrogen-bond acceptors (Lipinski definition) is 4. The van der Waals surface area contributed by atoms with Crippen LogP contribution in [0.15, 0.2) is 48.5 Å². The van der Waals surface area contributed by atoms with E-state index in [0.717, 1.165) is 5.56 Å². The van der Waals surface area contributed by atoms with Crippen molar-refractivity contribution in [1.82, 2.24) is 5.32 Å². The van der Waals surface area contributed by atoms with Crippen LogP contribution in [-0.2, 0) is 16.0 Å². The molecule has 0 saturated carbocycles. The van der Waals surface area contributed by atoms with Gasteiger partial charge in [0.25, 0.3) is 5.91 Å². The number of benzene rings is 2. The molecule has 1 atom stereocenters. The Morgan fingerprint density at radius 1 is 1.15 bits per heavy atom. The number of rotatable bonds is 9. The number of amides is 1. The predicted octanol–water partition coefficient (Wildman–Crippen LogP) is 2.79. The normalized spacial score (nSPS) is 11.5. The first-order chi connectivity index (χ1) is 12.5. The van der Waals surface area contributed by atoms with Gasteiger partial charge < -0.3 is 19.9 Å². The summed E-state index contributed by atoms with van der Waals surface area (Å²) in [5.41, 5.74) is 0.772. The van der Waals surface area contributed by atoms with Crippen molar-refractivity contribution in [3.63, 3.8) is 0 Å². The van der Waals surface area contributed by atoms with Crippen molar-refractivity contribution in [2.24, 2.45) is 5.92 Å². The molecule has 0 saturated heterocycles. The molecule has 0 bridgehead atoms. The standard InChI is InChI=1S/C19H20ClNO5/c1-25-17-5-3-2-4-13(17)10-14(19(23)24)11-21-18(22)12-26-16-8-6-15(20)7-9-16/h2-9,14H,10-12H2,1H3,(H,21,22)(H,23,24).